The number of carboxylic acids is 1. The first-order chi connectivity index (χ1) is 21.4. The van der Waals surface area contributed by atoms with E-state index >= 15 is 0 Å². The Bertz CT molecular complexity index is 1740. The topological polar surface area (TPSA) is 108 Å². The lowest BCUT2D eigenvalue weighted by Gasteiger charge is -2.39. The molecule has 0 amide bonds. The number of nitrogens with zero attached hydrogens (tertiary/aromatic N) is 3. The van der Waals surface area contributed by atoms with E-state index in [9.17, 15) is 32.7 Å². The largest absolute Gasteiger partial charge is 0.493 e. The molecule has 1 atom stereocenters. The summed E-state index contributed by atoms with van der Waals surface area (Å²) >= 11 is 0. The third kappa shape index (κ3) is 6.90. The number of methoxy groups -OCH3 is 1. The highest BCUT2D eigenvalue weighted by atomic mass is 19.4. The maximum absolute atomic E-state index is 14.8. The lowest BCUT2D eigenvalue weighted by atomic mass is 9.90. The van der Waals surface area contributed by atoms with Crippen LogP contribution in [0.1, 0.15) is 35.1 Å². The van der Waals surface area contributed by atoms with Crippen LogP contribution in [0.2, 0.25) is 0 Å². The second kappa shape index (κ2) is 12.8. The highest BCUT2D eigenvalue weighted by Crippen LogP contribution is 2.44. The molecule has 0 spiro atoms. The first-order valence-electron chi connectivity index (χ1n) is 14.2. The molecule has 4 aromatic rings. The number of nitriles is 1. The van der Waals surface area contributed by atoms with Gasteiger partial charge in [0.1, 0.15) is 11.9 Å². The van der Waals surface area contributed by atoms with E-state index in [1.54, 1.807) is 29.2 Å². The van der Waals surface area contributed by atoms with Crippen molar-refractivity contribution < 1.29 is 42.0 Å². The van der Waals surface area contributed by atoms with Crippen LogP contribution in [0.3, 0.4) is 0 Å². The molecule has 1 unspecified atom stereocenters. The molecular weight excluding hydrogens is 594 g/mol. The Morgan fingerprint density at radius 2 is 1.80 bits per heavy atom. The smallest absolute Gasteiger partial charge is 0.422 e. The molecule has 0 aliphatic carbocycles. The Labute approximate surface area is 256 Å². The molecular formula is C33H31F4N3O5. The minimum Gasteiger partial charge on any atom is -0.493 e. The lowest BCUT2D eigenvalue weighted by Crippen LogP contribution is -2.53. The van der Waals surface area contributed by atoms with E-state index in [0.29, 0.717) is 41.0 Å². The standard InChI is InChI=1S/C33H31F4N3O5/c1-44-30-15-21(16-31(41)42)6-8-29(30)45-25-9-11-39(12-10-25)20-32(43,33(35,36)37)27-19-40(18-23-3-2-4-24(34)13-23)28-14-22(17-38)5-7-26(27)28/h2-8,13-15,19,25,43H,9-12,16,18,20H2,1H3,(H,41,42). The Hall–Kier alpha value is -4.60. The second-order valence-electron chi connectivity index (χ2n) is 11.2. The summed E-state index contributed by atoms with van der Waals surface area (Å²) < 4.78 is 71.2. The fraction of sp³-hybridized carbons (Fsp3) is 0.333. The predicted molar refractivity (Wildman–Crippen MR) is 157 cm³/mol. The molecule has 236 valence electrons. The van der Waals surface area contributed by atoms with Crippen LogP contribution in [-0.2, 0) is 23.4 Å². The quantitative estimate of drug-likeness (QED) is 0.220. The number of carbonyl (C=O) groups is 1. The summed E-state index contributed by atoms with van der Waals surface area (Å²) in [6, 6.07) is 16.8. The van der Waals surface area contributed by atoms with Gasteiger partial charge >= 0.3 is 12.1 Å². The number of fused-ring (bicyclic) bond motifs is 1. The van der Waals surface area contributed by atoms with Crippen LogP contribution in [0.4, 0.5) is 17.6 Å². The van der Waals surface area contributed by atoms with Gasteiger partial charge in [0.05, 0.1) is 30.7 Å². The molecule has 1 fully saturated rings. The molecule has 3 aromatic carbocycles. The molecule has 1 aliphatic heterocycles. The number of hydrogen-bond acceptors (Lipinski definition) is 6. The van der Waals surface area contributed by atoms with Crippen LogP contribution in [-0.4, -0.2) is 64.7 Å². The van der Waals surface area contributed by atoms with E-state index in [1.807, 2.05) is 6.07 Å². The minimum absolute atomic E-state index is 0.0283. The summed E-state index contributed by atoms with van der Waals surface area (Å²) in [5.74, 6) is -0.716. The number of rotatable bonds is 10. The molecule has 5 rings (SSSR count). The number of carboxylic acid groups (broad SMARTS) is 1. The normalized spacial score (nSPS) is 15.8. The van der Waals surface area contributed by atoms with Crippen molar-refractivity contribution in [2.75, 3.05) is 26.7 Å². The van der Waals surface area contributed by atoms with Crippen LogP contribution in [0.25, 0.3) is 10.9 Å². The molecule has 0 bridgehead atoms. The number of halogens is 4. The van der Waals surface area contributed by atoms with Gasteiger partial charge < -0.3 is 24.3 Å². The average molecular weight is 626 g/mol. The first-order valence-corrected chi connectivity index (χ1v) is 14.2. The van der Waals surface area contributed by atoms with Gasteiger partial charge in [-0.3, -0.25) is 9.69 Å². The summed E-state index contributed by atoms with van der Waals surface area (Å²) in [6.45, 7) is -0.276. The number of β-amino-alcohol motifs (C(OH)–C–C–N with tert-alkyl or cyclic N) is 1. The van der Waals surface area contributed by atoms with E-state index < -0.39 is 30.1 Å². The van der Waals surface area contributed by atoms with Crippen LogP contribution >= 0.6 is 0 Å². The van der Waals surface area contributed by atoms with Gasteiger partial charge in [0.15, 0.2) is 11.5 Å². The Morgan fingerprint density at radius 3 is 2.44 bits per heavy atom. The predicted octanol–water partition coefficient (Wildman–Crippen LogP) is 5.63. The van der Waals surface area contributed by atoms with Gasteiger partial charge in [0.2, 0.25) is 5.60 Å². The highest BCUT2D eigenvalue weighted by Gasteiger charge is 2.57. The Morgan fingerprint density at radius 1 is 1.04 bits per heavy atom. The van der Waals surface area contributed by atoms with Crippen LogP contribution in [0.5, 0.6) is 11.5 Å². The molecule has 0 radical (unpaired) electrons. The maximum atomic E-state index is 14.8. The zero-order valence-corrected chi connectivity index (χ0v) is 24.4. The number of aromatic nitrogens is 1. The fourth-order valence-electron chi connectivity index (χ4n) is 5.76. The van der Waals surface area contributed by atoms with Crippen molar-refractivity contribution in [1.82, 2.24) is 9.47 Å². The van der Waals surface area contributed by atoms with Crippen molar-refractivity contribution in [2.24, 2.45) is 0 Å². The molecule has 1 aliphatic rings. The van der Waals surface area contributed by atoms with Gasteiger partial charge in [-0.25, -0.2) is 4.39 Å². The molecule has 12 heteroatoms. The van der Waals surface area contributed by atoms with Crippen LogP contribution in [0, 0.1) is 17.1 Å². The summed E-state index contributed by atoms with van der Waals surface area (Å²) in [7, 11) is 1.43. The molecule has 1 saturated heterocycles. The van der Waals surface area contributed by atoms with E-state index in [4.69, 9.17) is 14.6 Å². The second-order valence-corrected chi connectivity index (χ2v) is 11.2. The van der Waals surface area contributed by atoms with E-state index in [1.165, 1.54) is 54.3 Å². The van der Waals surface area contributed by atoms with Gasteiger partial charge in [-0.1, -0.05) is 24.3 Å². The van der Waals surface area contributed by atoms with Gasteiger partial charge in [0.25, 0.3) is 0 Å². The van der Waals surface area contributed by atoms with Crippen molar-refractivity contribution >= 4 is 16.9 Å². The van der Waals surface area contributed by atoms with Crippen LogP contribution in [0.15, 0.2) is 66.9 Å². The number of aliphatic carboxylic acids is 1. The molecule has 8 nitrogen and oxygen atoms in total. The summed E-state index contributed by atoms with van der Waals surface area (Å²) in [5, 5.41) is 30.1. The van der Waals surface area contributed by atoms with Gasteiger partial charge in [-0.15, -0.1) is 0 Å². The molecule has 2 heterocycles. The van der Waals surface area contributed by atoms with E-state index in [2.05, 4.69) is 0 Å². The van der Waals surface area contributed by atoms with Crippen LogP contribution < -0.4 is 9.47 Å². The Kier molecular flexibility index (Phi) is 9.04. The number of likely N-dealkylation sites (tertiary alicyclic amines) is 1. The highest BCUT2D eigenvalue weighted by molar-refractivity contribution is 5.86. The third-order valence-corrected chi connectivity index (χ3v) is 8.03. The fourth-order valence-corrected chi connectivity index (χ4v) is 5.76. The Balaban J connectivity index is 1.37. The molecule has 1 aromatic heterocycles. The number of alkyl halides is 3. The SMILES string of the molecule is COc1cc(CC(=O)O)ccc1OC1CCN(CC(O)(c2cn(Cc3cccc(F)c3)c3cc(C#N)ccc23)C(F)(F)F)CC1. The van der Waals surface area contributed by atoms with Crippen molar-refractivity contribution in [3.05, 3.63) is 94.9 Å². The molecule has 2 N–H and O–H groups in total. The number of aliphatic hydroxyl groups is 1. The number of hydrogen-bond donors (Lipinski definition) is 2. The lowest BCUT2D eigenvalue weighted by molar-refractivity contribution is -0.272. The number of piperidine rings is 1. The zero-order valence-electron chi connectivity index (χ0n) is 24.4. The molecule has 0 saturated carbocycles. The summed E-state index contributed by atoms with van der Waals surface area (Å²) in [5.41, 5.74) is -2.01. The maximum Gasteiger partial charge on any atom is 0.422 e. The van der Waals surface area contributed by atoms with E-state index in [-0.39, 0.29) is 48.7 Å². The minimum atomic E-state index is -5.04. The average Bonchev–Trinajstić information content (AvgIpc) is 3.35. The first kappa shape index (κ1) is 31.8. The van der Waals surface area contributed by atoms with Gasteiger partial charge in [-0.2, -0.15) is 18.4 Å². The van der Waals surface area contributed by atoms with Crippen molar-refractivity contribution in [2.45, 2.75) is 43.7 Å². The number of ether oxygens (including phenoxy) is 2. The van der Waals surface area contributed by atoms with Gasteiger partial charge in [-0.05, 0) is 60.4 Å². The third-order valence-electron chi connectivity index (χ3n) is 8.03. The van der Waals surface area contributed by atoms with Gasteiger partial charge in [0, 0.05) is 43.3 Å². The monoisotopic (exact) mass is 625 g/mol. The van der Waals surface area contributed by atoms with Crippen molar-refractivity contribution in [3.63, 3.8) is 0 Å². The number of benzene rings is 3. The zero-order chi connectivity index (χ0) is 32.4. The molecule has 45 heavy (non-hydrogen) atoms. The summed E-state index contributed by atoms with van der Waals surface area (Å²) in [4.78, 5) is 12.6. The van der Waals surface area contributed by atoms with E-state index in [0.717, 1.165) is 0 Å². The van der Waals surface area contributed by atoms with Crippen molar-refractivity contribution in [3.8, 4) is 17.6 Å². The summed E-state index contributed by atoms with van der Waals surface area (Å²) in [6.07, 6.45) is -3.57. The van der Waals surface area contributed by atoms with Crippen molar-refractivity contribution in [1.29, 1.82) is 5.26 Å².